The first kappa shape index (κ1) is 13.1. The van der Waals surface area contributed by atoms with Gasteiger partial charge in [-0.25, -0.2) is 0 Å². The van der Waals surface area contributed by atoms with E-state index in [1.54, 1.807) is 12.4 Å². The molecule has 0 saturated carbocycles. The second kappa shape index (κ2) is 6.04. The lowest BCUT2D eigenvalue weighted by Crippen LogP contribution is -2.23. The second-order valence-corrected chi connectivity index (χ2v) is 4.66. The molecule has 0 aliphatic heterocycles. The van der Waals surface area contributed by atoms with Gasteiger partial charge in [0.05, 0.1) is 6.20 Å². The Balaban J connectivity index is 1.83. The minimum Gasteiger partial charge on any atom is -0.399 e. The van der Waals surface area contributed by atoms with Crippen molar-refractivity contribution in [2.45, 2.75) is 25.8 Å². The summed E-state index contributed by atoms with van der Waals surface area (Å²) in [6.07, 6.45) is 3.93. The van der Waals surface area contributed by atoms with Crippen LogP contribution in [0, 0.1) is 0 Å². The monoisotopic (exact) mass is 258 g/mol. The molecule has 0 aliphatic rings. The number of carbonyl (C=O) groups excluding carboxylic acids is 1. The quantitative estimate of drug-likeness (QED) is 0.715. The van der Waals surface area contributed by atoms with Gasteiger partial charge in [-0.05, 0) is 23.6 Å². The predicted molar refractivity (Wildman–Crippen MR) is 74.3 cm³/mol. The van der Waals surface area contributed by atoms with E-state index in [4.69, 9.17) is 5.73 Å². The molecular weight excluding hydrogens is 240 g/mol. The van der Waals surface area contributed by atoms with Crippen LogP contribution < -0.4 is 11.1 Å². The SMILES string of the molecule is CC(CC(=O)NCc1cn[nH]c1)c1ccc(N)cc1. The van der Waals surface area contributed by atoms with Crippen molar-refractivity contribution in [2.75, 3.05) is 5.73 Å². The molecule has 2 aromatic rings. The summed E-state index contributed by atoms with van der Waals surface area (Å²) in [6.45, 7) is 2.53. The molecule has 100 valence electrons. The maximum atomic E-state index is 11.8. The Hall–Kier alpha value is -2.30. The molecule has 19 heavy (non-hydrogen) atoms. The van der Waals surface area contributed by atoms with Gasteiger partial charge in [0, 0.05) is 30.4 Å². The van der Waals surface area contributed by atoms with Gasteiger partial charge in [-0.15, -0.1) is 0 Å². The van der Waals surface area contributed by atoms with Gasteiger partial charge in [-0.2, -0.15) is 5.10 Å². The molecule has 0 radical (unpaired) electrons. The average molecular weight is 258 g/mol. The van der Waals surface area contributed by atoms with Gasteiger partial charge in [0.15, 0.2) is 0 Å². The third-order valence-electron chi connectivity index (χ3n) is 3.04. The van der Waals surface area contributed by atoms with E-state index in [2.05, 4.69) is 15.5 Å². The fourth-order valence-corrected chi connectivity index (χ4v) is 1.87. The number of benzene rings is 1. The molecule has 1 aromatic carbocycles. The average Bonchev–Trinajstić information content (AvgIpc) is 2.90. The van der Waals surface area contributed by atoms with Crippen molar-refractivity contribution in [2.24, 2.45) is 0 Å². The lowest BCUT2D eigenvalue weighted by Gasteiger charge is -2.12. The molecular formula is C14H18N4O. The number of hydrogen-bond donors (Lipinski definition) is 3. The Kier molecular flexibility index (Phi) is 4.18. The van der Waals surface area contributed by atoms with Gasteiger partial charge in [-0.1, -0.05) is 19.1 Å². The highest BCUT2D eigenvalue weighted by Crippen LogP contribution is 2.19. The predicted octanol–water partition coefficient (Wildman–Crippen LogP) is 1.80. The van der Waals surface area contributed by atoms with Crippen molar-refractivity contribution >= 4 is 11.6 Å². The number of nitrogens with zero attached hydrogens (tertiary/aromatic N) is 1. The third kappa shape index (κ3) is 3.84. The molecule has 1 aromatic heterocycles. The van der Waals surface area contributed by atoms with Crippen LogP contribution in [0.25, 0.3) is 0 Å². The third-order valence-corrected chi connectivity index (χ3v) is 3.04. The Morgan fingerprint density at radius 2 is 2.16 bits per heavy atom. The summed E-state index contributed by atoms with van der Waals surface area (Å²) in [5, 5.41) is 9.41. The number of aromatic amines is 1. The van der Waals surface area contributed by atoms with Gasteiger partial charge in [0.25, 0.3) is 0 Å². The summed E-state index contributed by atoms with van der Waals surface area (Å²) in [5.74, 6) is 0.204. The highest BCUT2D eigenvalue weighted by Gasteiger charge is 2.11. The largest absolute Gasteiger partial charge is 0.399 e. The fraction of sp³-hybridized carbons (Fsp3) is 0.286. The van der Waals surface area contributed by atoms with Crippen LogP contribution in [0.5, 0.6) is 0 Å². The molecule has 1 unspecified atom stereocenters. The first-order valence-corrected chi connectivity index (χ1v) is 6.25. The second-order valence-electron chi connectivity index (χ2n) is 4.66. The zero-order valence-corrected chi connectivity index (χ0v) is 10.9. The summed E-state index contributed by atoms with van der Waals surface area (Å²) < 4.78 is 0. The van der Waals surface area contributed by atoms with Gasteiger partial charge >= 0.3 is 0 Å². The molecule has 0 spiro atoms. The number of nitrogen functional groups attached to an aromatic ring is 1. The number of aromatic nitrogens is 2. The molecule has 1 heterocycles. The van der Waals surface area contributed by atoms with E-state index in [1.807, 2.05) is 31.2 Å². The maximum absolute atomic E-state index is 11.8. The van der Waals surface area contributed by atoms with Crippen molar-refractivity contribution in [1.29, 1.82) is 0 Å². The number of nitrogens with one attached hydrogen (secondary N) is 2. The Labute approximate surface area is 112 Å². The summed E-state index contributed by atoms with van der Waals surface area (Å²) in [5.41, 5.74) is 8.46. The standard InChI is InChI=1S/C14H18N4O/c1-10(12-2-4-13(15)5-3-12)6-14(19)16-7-11-8-17-18-9-11/h2-5,8-10H,6-7,15H2,1H3,(H,16,19)(H,17,18). The zero-order valence-electron chi connectivity index (χ0n) is 10.9. The summed E-state index contributed by atoms with van der Waals surface area (Å²) in [4.78, 5) is 11.8. The molecule has 4 N–H and O–H groups in total. The van der Waals surface area contributed by atoms with Gasteiger partial charge in [0.2, 0.25) is 5.91 Å². The number of amides is 1. The normalized spacial score (nSPS) is 12.1. The van der Waals surface area contributed by atoms with Crippen LogP contribution in [0.2, 0.25) is 0 Å². The molecule has 0 saturated heterocycles. The maximum Gasteiger partial charge on any atom is 0.220 e. The molecule has 1 amide bonds. The highest BCUT2D eigenvalue weighted by molar-refractivity contribution is 5.76. The van der Waals surface area contributed by atoms with E-state index in [-0.39, 0.29) is 11.8 Å². The number of hydrogen-bond acceptors (Lipinski definition) is 3. The summed E-state index contributed by atoms with van der Waals surface area (Å²) in [7, 11) is 0. The van der Waals surface area contributed by atoms with Crippen LogP contribution in [0.1, 0.15) is 30.4 Å². The van der Waals surface area contributed by atoms with Crippen LogP contribution in [-0.4, -0.2) is 16.1 Å². The molecule has 0 aliphatic carbocycles. The minimum atomic E-state index is 0.0329. The van der Waals surface area contributed by atoms with E-state index in [9.17, 15) is 4.79 Å². The topological polar surface area (TPSA) is 83.8 Å². The van der Waals surface area contributed by atoms with E-state index in [0.717, 1.165) is 16.8 Å². The fourth-order valence-electron chi connectivity index (χ4n) is 1.87. The Bertz CT molecular complexity index is 519. The number of nitrogens with two attached hydrogens (primary N) is 1. The molecule has 5 nitrogen and oxygen atoms in total. The first-order chi connectivity index (χ1) is 9.15. The molecule has 0 bridgehead atoms. The smallest absolute Gasteiger partial charge is 0.220 e. The zero-order chi connectivity index (χ0) is 13.7. The Morgan fingerprint density at radius 3 is 2.79 bits per heavy atom. The molecule has 0 fully saturated rings. The first-order valence-electron chi connectivity index (χ1n) is 6.25. The lowest BCUT2D eigenvalue weighted by molar-refractivity contribution is -0.121. The van der Waals surface area contributed by atoms with E-state index in [1.165, 1.54) is 0 Å². The van der Waals surface area contributed by atoms with Crippen molar-refractivity contribution < 1.29 is 4.79 Å². The van der Waals surface area contributed by atoms with Crippen LogP contribution >= 0.6 is 0 Å². The molecule has 5 heteroatoms. The van der Waals surface area contributed by atoms with E-state index >= 15 is 0 Å². The number of anilines is 1. The highest BCUT2D eigenvalue weighted by atomic mass is 16.1. The van der Waals surface area contributed by atoms with Crippen LogP contribution in [-0.2, 0) is 11.3 Å². The van der Waals surface area contributed by atoms with Gasteiger partial charge in [0.1, 0.15) is 0 Å². The van der Waals surface area contributed by atoms with Gasteiger partial charge < -0.3 is 11.1 Å². The van der Waals surface area contributed by atoms with Crippen LogP contribution in [0.15, 0.2) is 36.7 Å². The van der Waals surface area contributed by atoms with E-state index < -0.39 is 0 Å². The van der Waals surface area contributed by atoms with Crippen molar-refractivity contribution in [3.63, 3.8) is 0 Å². The van der Waals surface area contributed by atoms with E-state index in [0.29, 0.717) is 13.0 Å². The minimum absolute atomic E-state index is 0.0329. The summed E-state index contributed by atoms with van der Waals surface area (Å²) in [6, 6.07) is 7.64. The number of carbonyl (C=O) groups is 1. The lowest BCUT2D eigenvalue weighted by atomic mass is 9.97. The Morgan fingerprint density at radius 1 is 1.42 bits per heavy atom. The van der Waals surface area contributed by atoms with Crippen LogP contribution in [0.3, 0.4) is 0 Å². The number of H-pyrrole nitrogens is 1. The van der Waals surface area contributed by atoms with Crippen molar-refractivity contribution in [3.8, 4) is 0 Å². The molecule has 1 atom stereocenters. The van der Waals surface area contributed by atoms with Crippen molar-refractivity contribution in [3.05, 3.63) is 47.8 Å². The van der Waals surface area contributed by atoms with Crippen LogP contribution in [0.4, 0.5) is 5.69 Å². The van der Waals surface area contributed by atoms with Crippen molar-refractivity contribution in [1.82, 2.24) is 15.5 Å². The molecule has 2 rings (SSSR count). The summed E-state index contributed by atoms with van der Waals surface area (Å²) >= 11 is 0. The van der Waals surface area contributed by atoms with Gasteiger partial charge in [-0.3, -0.25) is 9.89 Å². The number of rotatable bonds is 5.